The van der Waals surface area contributed by atoms with Crippen LogP contribution in [0.2, 0.25) is 0 Å². The summed E-state index contributed by atoms with van der Waals surface area (Å²) in [7, 11) is 1.35. The second-order valence-electron chi connectivity index (χ2n) is 4.75. The third-order valence-corrected chi connectivity index (χ3v) is 4.43. The SMILES string of the molecule is COC(=O)C1CC(C=C(Cl)C(F)(Cl)Cl)C1(C)C. The molecule has 0 aromatic carbocycles. The second kappa shape index (κ2) is 4.94. The molecule has 2 nitrogen and oxygen atoms in total. The van der Waals surface area contributed by atoms with Gasteiger partial charge in [-0.3, -0.25) is 4.79 Å². The summed E-state index contributed by atoms with van der Waals surface area (Å²) in [6.45, 7) is 3.79. The number of methoxy groups -OCH3 is 1. The van der Waals surface area contributed by atoms with E-state index in [-0.39, 0.29) is 28.3 Å². The summed E-state index contributed by atoms with van der Waals surface area (Å²) in [5.41, 5.74) is -0.341. The highest BCUT2D eigenvalue weighted by Crippen LogP contribution is 2.53. The van der Waals surface area contributed by atoms with E-state index in [9.17, 15) is 9.18 Å². The molecule has 0 spiro atoms. The number of esters is 1. The molecule has 2 unspecified atom stereocenters. The van der Waals surface area contributed by atoms with Crippen LogP contribution in [0.25, 0.3) is 0 Å². The maximum atomic E-state index is 13.1. The van der Waals surface area contributed by atoms with E-state index < -0.39 is 4.59 Å². The molecule has 17 heavy (non-hydrogen) atoms. The zero-order chi connectivity index (χ0) is 13.4. The lowest BCUT2D eigenvalue weighted by atomic mass is 9.54. The van der Waals surface area contributed by atoms with Gasteiger partial charge in [0.2, 0.25) is 0 Å². The Labute approximate surface area is 115 Å². The number of rotatable bonds is 3. The Morgan fingerprint density at radius 2 is 2.06 bits per heavy atom. The molecule has 1 fully saturated rings. The summed E-state index contributed by atoms with van der Waals surface area (Å²) in [5.74, 6) is -0.524. The lowest BCUT2D eigenvalue weighted by molar-refractivity contribution is -0.159. The van der Waals surface area contributed by atoms with Crippen molar-refractivity contribution >= 4 is 40.8 Å². The molecule has 0 heterocycles. The van der Waals surface area contributed by atoms with Gasteiger partial charge in [0.1, 0.15) is 0 Å². The number of hydrogen-bond donors (Lipinski definition) is 0. The van der Waals surface area contributed by atoms with Crippen molar-refractivity contribution in [1.82, 2.24) is 0 Å². The third kappa shape index (κ3) is 3.07. The molecule has 2 atom stereocenters. The monoisotopic (exact) mass is 302 g/mol. The van der Waals surface area contributed by atoms with Crippen LogP contribution in [-0.4, -0.2) is 17.7 Å². The largest absolute Gasteiger partial charge is 0.469 e. The highest BCUT2D eigenvalue weighted by molar-refractivity contribution is 6.54. The molecular weight excluding hydrogens is 289 g/mol. The van der Waals surface area contributed by atoms with Crippen LogP contribution in [0.15, 0.2) is 11.1 Å². The van der Waals surface area contributed by atoms with E-state index in [4.69, 9.17) is 39.5 Å². The Morgan fingerprint density at radius 3 is 2.41 bits per heavy atom. The van der Waals surface area contributed by atoms with Crippen LogP contribution < -0.4 is 0 Å². The molecule has 0 radical (unpaired) electrons. The van der Waals surface area contributed by atoms with Crippen LogP contribution in [0, 0.1) is 17.3 Å². The van der Waals surface area contributed by atoms with E-state index in [2.05, 4.69) is 0 Å². The van der Waals surface area contributed by atoms with Gasteiger partial charge in [0.15, 0.2) is 0 Å². The van der Waals surface area contributed by atoms with Crippen LogP contribution in [0.5, 0.6) is 0 Å². The molecule has 0 saturated heterocycles. The Kier molecular flexibility index (Phi) is 4.38. The van der Waals surface area contributed by atoms with Crippen molar-refractivity contribution in [3.05, 3.63) is 11.1 Å². The van der Waals surface area contributed by atoms with Gasteiger partial charge in [-0.15, -0.1) is 0 Å². The van der Waals surface area contributed by atoms with Gasteiger partial charge in [0.05, 0.1) is 18.1 Å². The van der Waals surface area contributed by atoms with Gasteiger partial charge < -0.3 is 4.74 Å². The average Bonchev–Trinajstić information content (AvgIpc) is 2.20. The highest BCUT2D eigenvalue weighted by atomic mass is 35.5. The van der Waals surface area contributed by atoms with Crippen molar-refractivity contribution < 1.29 is 13.9 Å². The topological polar surface area (TPSA) is 26.3 Å². The number of ether oxygens (including phenoxy) is 1. The summed E-state index contributed by atoms with van der Waals surface area (Å²) >= 11 is 16.1. The first kappa shape index (κ1) is 15.1. The van der Waals surface area contributed by atoms with E-state index >= 15 is 0 Å². The first-order valence-electron chi connectivity index (χ1n) is 5.13. The summed E-state index contributed by atoms with van der Waals surface area (Å²) < 4.78 is 15.2. The molecule has 1 saturated carbocycles. The standard InChI is InChI=1S/C11H14Cl3FO2/c1-10(2)6(4-7(10)9(16)17-3)5-8(12)11(13,14)15/h5-7H,4H2,1-3H3. The van der Waals surface area contributed by atoms with Crippen molar-refractivity contribution in [2.45, 2.75) is 24.9 Å². The van der Waals surface area contributed by atoms with Crippen molar-refractivity contribution in [1.29, 1.82) is 0 Å². The van der Waals surface area contributed by atoms with Gasteiger partial charge in [0, 0.05) is 0 Å². The number of halogens is 4. The van der Waals surface area contributed by atoms with E-state index in [0.29, 0.717) is 6.42 Å². The van der Waals surface area contributed by atoms with Crippen LogP contribution in [0.3, 0.4) is 0 Å². The van der Waals surface area contributed by atoms with E-state index in [1.54, 1.807) is 0 Å². The molecule has 98 valence electrons. The van der Waals surface area contributed by atoms with Gasteiger partial charge in [-0.05, 0) is 17.8 Å². The fraction of sp³-hybridized carbons (Fsp3) is 0.727. The van der Waals surface area contributed by atoms with Gasteiger partial charge in [-0.25, -0.2) is 4.39 Å². The third-order valence-electron chi connectivity index (χ3n) is 3.45. The van der Waals surface area contributed by atoms with Crippen LogP contribution >= 0.6 is 34.8 Å². The van der Waals surface area contributed by atoms with Crippen molar-refractivity contribution in [2.75, 3.05) is 7.11 Å². The predicted molar refractivity (Wildman–Crippen MR) is 66.9 cm³/mol. The summed E-state index contributed by atoms with van der Waals surface area (Å²) in [6, 6.07) is 0. The van der Waals surface area contributed by atoms with Crippen LogP contribution in [0.4, 0.5) is 4.39 Å². The molecule has 0 N–H and O–H groups in total. The Morgan fingerprint density at radius 1 is 1.53 bits per heavy atom. The number of carbonyl (C=O) groups excluding carboxylic acids is 1. The maximum Gasteiger partial charge on any atom is 0.309 e. The molecule has 0 aromatic heterocycles. The molecule has 1 aliphatic rings. The van der Waals surface area contributed by atoms with E-state index in [0.717, 1.165) is 0 Å². The number of hydrogen-bond acceptors (Lipinski definition) is 2. The minimum atomic E-state index is -2.58. The second-order valence-corrected chi connectivity index (χ2v) is 6.39. The first-order valence-corrected chi connectivity index (χ1v) is 6.26. The fourth-order valence-electron chi connectivity index (χ4n) is 2.06. The lowest BCUT2D eigenvalue weighted by Gasteiger charge is -2.49. The van der Waals surface area contributed by atoms with Gasteiger partial charge in [0.25, 0.3) is 4.59 Å². The van der Waals surface area contributed by atoms with E-state index in [1.165, 1.54) is 13.2 Å². The summed E-state index contributed by atoms with van der Waals surface area (Å²) in [6.07, 6.45) is 2.03. The zero-order valence-electron chi connectivity index (χ0n) is 9.77. The van der Waals surface area contributed by atoms with Crippen molar-refractivity contribution in [3.63, 3.8) is 0 Å². The normalized spacial score (nSPS) is 28.5. The van der Waals surface area contributed by atoms with Gasteiger partial charge >= 0.3 is 5.97 Å². The highest BCUT2D eigenvalue weighted by Gasteiger charge is 2.51. The minimum Gasteiger partial charge on any atom is -0.469 e. The Hall–Kier alpha value is 0.01000. The summed E-state index contributed by atoms with van der Waals surface area (Å²) in [4.78, 5) is 11.4. The minimum absolute atomic E-state index is 0.0493. The van der Waals surface area contributed by atoms with E-state index in [1.807, 2.05) is 13.8 Å². The smallest absolute Gasteiger partial charge is 0.309 e. The molecule has 1 aliphatic carbocycles. The fourth-order valence-corrected chi connectivity index (χ4v) is 2.33. The zero-order valence-corrected chi connectivity index (χ0v) is 12.0. The van der Waals surface area contributed by atoms with Crippen LogP contribution in [-0.2, 0) is 9.53 Å². The molecule has 0 bridgehead atoms. The van der Waals surface area contributed by atoms with Crippen molar-refractivity contribution in [2.24, 2.45) is 17.3 Å². The number of allylic oxidation sites excluding steroid dienone is 2. The van der Waals surface area contributed by atoms with Gasteiger partial charge in [-0.2, -0.15) is 0 Å². The average molecular weight is 304 g/mol. The van der Waals surface area contributed by atoms with Crippen molar-refractivity contribution in [3.8, 4) is 0 Å². The predicted octanol–water partition coefficient (Wildman–Crippen LogP) is 4.05. The maximum absolute atomic E-state index is 13.1. The number of carbonyl (C=O) groups is 1. The molecule has 6 heteroatoms. The Bertz CT molecular complexity index is 347. The Balaban J connectivity index is 2.77. The van der Waals surface area contributed by atoms with Gasteiger partial charge in [-0.1, -0.05) is 54.7 Å². The lowest BCUT2D eigenvalue weighted by Crippen LogP contribution is -2.48. The molecule has 0 amide bonds. The molecule has 0 aliphatic heterocycles. The molecular formula is C11H14Cl3FO2. The molecule has 1 rings (SSSR count). The number of alkyl halides is 3. The first-order chi connectivity index (χ1) is 7.60. The molecule has 0 aromatic rings. The van der Waals surface area contributed by atoms with Crippen LogP contribution in [0.1, 0.15) is 20.3 Å². The summed E-state index contributed by atoms with van der Waals surface area (Å²) in [5, 5.41) is -0.262. The quantitative estimate of drug-likeness (QED) is 0.581.